The van der Waals surface area contributed by atoms with Crippen molar-refractivity contribution in [1.82, 2.24) is 0 Å². The van der Waals surface area contributed by atoms with E-state index in [0.717, 1.165) is 32.2 Å². The summed E-state index contributed by atoms with van der Waals surface area (Å²) in [6.07, 6.45) is 2.11. The van der Waals surface area contributed by atoms with E-state index < -0.39 is 32.5 Å². The molecule has 0 aliphatic rings. The Balaban J connectivity index is 2.24. The number of hydrogen-bond donors (Lipinski definition) is 1. The number of rotatable bonds is 7. The first kappa shape index (κ1) is 22.7. The van der Waals surface area contributed by atoms with E-state index >= 15 is 0 Å². The van der Waals surface area contributed by atoms with Crippen LogP contribution in [0.4, 0.5) is 17.1 Å². The maximum atomic E-state index is 12.5. The molecule has 0 spiro atoms. The fraction of sp³-hybridized carbons (Fsp3) is 0.316. The van der Waals surface area contributed by atoms with Gasteiger partial charge in [-0.25, -0.2) is 16.8 Å². The Bertz CT molecular complexity index is 1130. The van der Waals surface area contributed by atoms with Gasteiger partial charge in [0.1, 0.15) is 6.54 Å². The molecule has 0 bridgehead atoms. The zero-order valence-corrected chi connectivity index (χ0v) is 18.6. The van der Waals surface area contributed by atoms with Crippen molar-refractivity contribution in [2.45, 2.75) is 13.8 Å². The number of carbonyl (C=O) groups excluding carboxylic acids is 1. The molecule has 0 aliphatic carbocycles. The van der Waals surface area contributed by atoms with Gasteiger partial charge in [0, 0.05) is 12.7 Å². The molecule has 1 N–H and O–H groups in total. The van der Waals surface area contributed by atoms with Crippen LogP contribution in [0.3, 0.4) is 0 Å². The number of anilines is 3. The average Bonchev–Trinajstić information content (AvgIpc) is 2.60. The third-order valence-electron chi connectivity index (χ3n) is 4.46. The lowest BCUT2D eigenvalue weighted by Gasteiger charge is -2.23. The number of sulfonamides is 2. The molecule has 0 radical (unpaired) electrons. The summed E-state index contributed by atoms with van der Waals surface area (Å²) < 4.78 is 50.0. The van der Waals surface area contributed by atoms with Gasteiger partial charge >= 0.3 is 0 Å². The first-order valence-electron chi connectivity index (χ1n) is 8.68. The van der Waals surface area contributed by atoms with Crippen LogP contribution in [0.25, 0.3) is 0 Å². The standard InChI is InChI=1S/C19H25N3O5S2/c1-14-9-10-18(11-15(14)2)22(29(5,26)27)13-19(23)20-16-7-6-8-17(12-16)21(3)28(4,24)25/h6-12H,13H2,1-5H3,(H,20,23). The molecule has 0 saturated heterocycles. The maximum absolute atomic E-state index is 12.5. The van der Waals surface area contributed by atoms with Gasteiger partial charge in [0.25, 0.3) is 0 Å². The van der Waals surface area contributed by atoms with Crippen molar-refractivity contribution in [3.05, 3.63) is 53.6 Å². The van der Waals surface area contributed by atoms with Gasteiger partial charge in [-0.3, -0.25) is 13.4 Å². The Labute approximate surface area is 172 Å². The van der Waals surface area contributed by atoms with Crippen LogP contribution in [0.2, 0.25) is 0 Å². The van der Waals surface area contributed by atoms with Crippen LogP contribution < -0.4 is 13.9 Å². The van der Waals surface area contributed by atoms with Crippen molar-refractivity contribution >= 4 is 43.0 Å². The molecule has 0 saturated carbocycles. The Hall–Kier alpha value is -2.59. The molecule has 0 heterocycles. The summed E-state index contributed by atoms with van der Waals surface area (Å²) in [5.41, 5.74) is 3.05. The quantitative estimate of drug-likeness (QED) is 0.712. The lowest BCUT2D eigenvalue weighted by Crippen LogP contribution is -2.37. The van der Waals surface area contributed by atoms with Crippen molar-refractivity contribution in [2.24, 2.45) is 0 Å². The topological polar surface area (TPSA) is 104 Å². The van der Waals surface area contributed by atoms with Gasteiger partial charge in [-0.05, 0) is 55.3 Å². The molecule has 0 atom stereocenters. The zero-order chi connectivity index (χ0) is 22.0. The van der Waals surface area contributed by atoms with Crippen molar-refractivity contribution in [3.63, 3.8) is 0 Å². The van der Waals surface area contributed by atoms with Crippen LogP contribution in [0.1, 0.15) is 11.1 Å². The summed E-state index contributed by atoms with van der Waals surface area (Å²) in [4.78, 5) is 12.5. The highest BCUT2D eigenvalue weighted by atomic mass is 32.2. The maximum Gasteiger partial charge on any atom is 0.245 e. The predicted octanol–water partition coefficient (Wildman–Crippen LogP) is 2.10. The molecule has 1 amide bonds. The van der Waals surface area contributed by atoms with Crippen LogP contribution in [0, 0.1) is 13.8 Å². The summed E-state index contributed by atoms with van der Waals surface area (Å²) in [6, 6.07) is 11.5. The molecule has 0 fully saturated rings. The van der Waals surface area contributed by atoms with Gasteiger partial charge in [-0.2, -0.15) is 0 Å². The van der Waals surface area contributed by atoms with Gasteiger partial charge < -0.3 is 5.32 Å². The molecule has 2 aromatic carbocycles. The number of hydrogen-bond acceptors (Lipinski definition) is 5. The average molecular weight is 440 g/mol. The number of benzene rings is 2. The number of nitrogens with zero attached hydrogens (tertiary/aromatic N) is 2. The monoisotopic (exact) mass is 439 g/mol. The molecule has 29 heavy (non-hydrogen) atoms. The van der Waals surface area contributed by atoms with Gasteiger partial charge in [0.15, 0.2) is 0 Å². The largest absolute Gasteiger partial charge is 0.324 e. The summed E-state index contributed by atoms with van der Waals surface area (Å²) in [5.74, 6) is -0.548. The fourth-order valence-corrected chi connectivity index (χ4v) is 3.93. The summed E-state index contributed by atoms with van der Waals surface area (Å²) in [6.45, 7) is 3.37. The van der Waals surface area contributed by atoms with Gasteiger partial charge in [-0.1, -0.05) is 12.1 Å². The van der Waals surface area contributed by atoms with E-state index in [2.05, 4.69) is 5.32 Å². The number of aryl methyl sites for hydroxylation is 2. The molecule has 0 aliphatic heterocycles. The van der Waals surface area contributed by atoms with Crippen molar-refractivity contribution < 1.29 is 21.6 Å². The highest BCUT2D eigenvalue weighted by molar-refractivity contribution is 7.92. The van der Waals surface area contributed by atoms with E-state index in [0.29, 0.717) is 17.1 Å². The van der Waals surface area contributed by atoms with E-state index in [9.17, 15) is 21.6 Å². The van der Waals surface area contributed by atoms with Gasteiger partial charge in [0.2, 0.25) is 26.0 Å². The van der Waals surface area contributed by atoms with Crippen molar-refractivity contribution in [1.29, 1.82) is 0 Å². The normalized spacial score (nSPS) is 11.8. The molecule has 2 rings (SSSR count). The zero-order valence-electron chi connectivity index (χ0n) is 17.0. The lowest BCUT2D eigenvalue weighted by molar-refractivity contribution is -0.114. The summed E-state index contributed by atoms with van der Waals surface area (Å²) in [5, 5.41) is 2.62. The van der Waals surface area contributed by atoms with Crippen LogP contribution in [0.15, 0.2) is 42.5 Å². The molecule has 10 heteroatoms. The second-order valence-electron chi connectivity index (χ2n) is 6.87. The first-order valence-corrected chi connectivity index (χ1v) is 12.4. The highest BCUT2D eigenvalue weighted by Gasteiger charge is 2.21. The minimum absolute atomic E-state index is 0.358. The molecular weight excluding hydrogens is 414 g/mol. The molecular formula is C19H25N3O5S2. The molecule has 2 aromatic rings. The second kappa shape index (κ2) is 8.42. The van der Waals surface area contributed by atoms with E-state index in [1.807, 2.05) is 13.8 Å². The first-order chi connectivity index (χ1) is 13.3. The third kappa shape index (κ3) is 5.94. The SMILES string of the molecule is Cc1ccc(N(CC(=O)Nc2cccc(N(C)S(C)(=O)=O)c2)S(C)(=O)=O)cc1C. The van der Waals surface area contributed by atoms with Crippen LogP contribution >= 0.6 is 0 Å². The van der Waals surface area contributed by atoms with E-state index in [1.165, 1.54) is 13.1 Å². The van der Waals surface area contributed by atoms with E-state index in [4.69, 9.17) is 0 Å². The lowest BCUT2D eigenvalue weighted by atomic mass is 10.1. The Morgan fingerprint density at radius 1 is 0.897 bits per heavy atom. The van der Waals surface area contributed by atoms with Gasteiger partial charge in [0.05, 0.1) is 23.9 Å². The molecule has 0 aromatic heterocycles. The van der Waals surface area contributed by atoms with Crippen molar-refractivity contribution in [3.8, 4) is 0 Å². The van der Waals surface area contributed by atoms with Crippen LogP contribution in [-0.4, -0.2) is 48.8 Å². The number of nitrogens with one attached hydrogen (secondary N) is 1. The highest BCUT2D eigenvalue weighted by Crippen LogP contribution is 2.23. The fourth-order valence-electron chi connectivity index (χ4n) is 2.58. The number of amides is 1. The van der Waals surface area contributed by atoms with E-state index in [1.54, 1.807) is 36.4 Å². The minimum Gasteiger partial charge on any atom is -0.324 e. The van der Waals surface area contributed by atoms with Crippen LogP contribution in [-0.2, 0) is 24.8 Å². The van der Waals surface area contributed by atoms with Crippen LogP contribution in [0.5, 0.6) is 0 Å². The minimum atomic E-state index is -3.69. The predicted molar refractivity (Wildman–Crippen MR) is 116 cm³/mol. The van der Waals surface area contributed by atoms with E-state index in [-0.39, 0.29) is 0 Å². The summed E-state index contributed by atoms with van der Waals surface area (Å²) in [7, 11) is -5.74. The van der Waals surface area contributed by atoms with Gasteiger partial charge in [-0.15, -0.1) is 0 Å². The number of carbonyl (C=O) groups is 1. The molecule has 158 valence electrons. The second-order valence-corrected chi connectivity index (χ2v) is 10.8. The summed E-state index contributed by atoms with van der Waals surface area (Å²) >= 11 is 0. The Morgan fingerprint density at radius 3 is 2.10 bits per heavy atom. The molecule has 0 unspecified atom stereocenters. The molecule has 8 nitrogen and oxygen atoms in total. The van der Waals surface area contributed by atoms with Crippen molar-refractivity contribution in [2.75, 3.05) is 40.0 Å². The Kier molecular flexibility index (Phi) is 6.59. The third-order valence-corrected chi connectivity index (χ3v) is 6.80. The smallest absolute Gasteiger partial charge is 0.245 e. The Morgan fingerprint density at radius 2 is 1.55 bits per heavy atom.